The van der Waals surface area contributed by atoms with Gasteiger partial charge in [-0.1, -0.05) is 30.0 Å². The highest BCUT2D eigenvalue weighted by Gasteiger charge is 2.03. The number of benzene rings is 1. The molecule has 1 rings (SSSR count). The lowest BCUT2D eigenvalue weighted by Crippen LogP contribution is -2.06. The zero-order chi connectivity index (χ0) is 11.8. The van der Waals surface area contributed by atoms with E-state index in [-0.39, 0.29) is 6.42 Å². The summed E-state index contributed by atoms with van der Waals surface area (Å²) in [4.78, 5) is 10.6. The molecule has 2 N–H and O–H groups in total. The standard InChI is InChI=1S/C13H15NO2/c1-14-9-5-4-7-11-6-2-3-8-12(11)10-13(15)16/h2-3,6,8,14H,5,9-10H2,1H3,(H,15,16). The first-order chi connectivity index (χ1) is 7.74. The summed E-state index contributed by atoms with van der Waals surface area (Å²) in [5.74, 6) is 5.18. The molecule has 0 aromatic heterocycles. The van der Waals surface area contributed by atoms with Crippen LogP contribution in [0.15, 0.2) is 24.3 Å². The fraction of sp³-hybridized carbons (Fsp3) is 0.308. The van der Waals surface area contributed by atoms with Crippen LogP contribution in [0.2, 0.25) is 0 Å². The van der Waals surface area contributed by atoms with Crippen molar-refractivity contribution in [3.63, 3.8) is 0 Å². The van der Waals surface area contributed by atoms with E-state index in [1.165, 1.54) is 0 Å². The summed E-state index contributed by atoms with van der Waals surface area (Å²) < 4.78 is 0. The Morgan fingerprint density at radius 1 is 1.44 bits per heavy atom. The highest BCUT2D eigenvalue weighted by molar-refractivity contribution is 5.71. The molecule has 0 atom stereocenters. The molecule has 1 aromatic carbocycles. The maximum Gasteiger partial charge on any atom is 0.307 e. The molecule has 0 aliphatic rings. The van der Waals surface area contributed by atoms with Crippen LogP contribution in [0.3, 0.4) is 0 Å². The highest BCUT2D eigenvalue weighted by Crippen LogP contribution is 2.08. The molecule has 16 heavy (non-hydrogen) atoms. The van der Waals surface area contributed by atoms with E-state index in [2.05, 4.69) is 17.2 Å². The molecule has 3 nitrogen and oxygen atoms in total. The number of rotatable bonds is 4. The van der Waals surface area contributed by atoms with E-state index >= 15 is 0 Å². The van der Waals surface area contributed by atoms with Crippen molar-refractivity contribution in [1.29, 1.82) is 0 Å². The van der Waals surface area contributed by atoms with Crippen LogP contribution in [0, 0.1) is 11.8 Å². The Kier molecular flexibility index (Phi) is 5.10. The smallest absolute Gasteiger partial charge is 0.307 e. The lowest BCUT2D eigenvalue weighted by Gasteiger charge is -2.00. The van der Waals surface area contributed by atoms with E-state index < -0.39 is 5.97 Å². The normalized spacial score (nSPS) is 9.31. The Bertz CT molecular complexity index is 415. The minimum atomic E-state index is -0.829. The first-order valence-electron chi connectivity index (χ1n) is 5.17. The monoisotopic (exact) mass is 217 g/mol. The van der Waals surface area contributed by atoms with Gasteiger partial charge in [-0.2, -0.15) is 0 Å². The van der Waals surface area contributed by atoms with Gasteiger partial charge in [0.05, 0.1) is 6.42 Å². The van der Waals surface area contributed by atoms with Gasteiger partial charge in [-0.15, -0.1) is 0 Å². The molecule has 0 radical (unpaired) electrons. The predicted octanol–water partition coefficient (Wildman–Crippen LogP) is 1.27. The summed E-state index contributed by atoms with van der Waals surface area (Å²) in [6.07, 6.45) is 0.786. The van der Waals surface area contributed by atoms with Crippen molar-refractivity contribution in [2.24, 2.45) is 0 Å². The van der Waals surface area contributed by atoms with Gasteiger partial charge in [0.15, 0.2) is 0 Å². The van der Waals surface area contributed by atoms with Crippen molar-refractivity contribution in [3.05, 3.63) is 35.4 Å². The number of carbonyl (C=O) groups is 1. The van der Waals surface area contributed by atoms with Gasteiger partial charge in [-0.3, -0.25) is 4.79 Å². The average Bonchev–Trinajstić information content (AvgIpc) is 2.26. The second-order valence-electron chi connectivity index (χ2n) is 3.38. The predicted molar refractivity (Wildman–Crippen MR) is 63.2 cm³/mol. The third-order valence-electron chi connectivity index (χ3n) is 2.08. The highest BCUT2D eigenvalue weighted by atomic mass is 16.4. The number of hydrogen-bond acceptors (Lipinski definition) is 2. The zero-order valence-corrected chi connectivity index (χ0v) is 9.29. The molecule has 0 bridgehead atoms. The van der Waals surface area contributed by atoms with Gasteiger partial charge in [0.1, 0.15) is 0 Å². The summed E-state index contributed by atoms with van der Waals surface area (Å²) in [5.41, 5.74) is 1.58. The third-order valence-corrected chi connectivity index (χ3v) is 2.08. The average molecular weight is 217 g/mol. The van der Waals surface area contributed by atoms with Gasteiger partial charge in [-0.25, -0.2) is 0 Å². The summed E-state index contributed by atoms with van der Waals surface area (Å²) >= 11 is 0. The van der Waals surface area contributed by atoms with Crippen LogP contribution < -0.4 is 5.32 Å². The van der Waals surface area contributed by atoms with Gasteiger partial charge < -0.3 is 10.4 Å². The van der Waals surface area contributed by atoms with Crippen LogP contribution in [-0.4, -0.2) is 24.7 Å². The fourth-order valence-corrected chi connectivity index (χ4v) is 1.30. The second-order valence-corrected chi connectivity index (χ2v) is 3.38. The van der Waals surface area contributed by atoms with Crippen LogP contribution in [0.1, 0.15) is 17.5 Å². The van der Waals surface area contributed by atoms with Crippen LogP contribution in [0.4, 0.5) is 0 Å². The molecule has 0 aliphatic carbocycles. The topological polar surface area (TPSA) is 49.3 Å². The first kappa shape index (κ1) is 12.3. The van der Waals surface area contributed by atoms with E-state index in [1.807, 2.05) is 25.2 Å². The number of carboxylic acids is 1. The minimum absolute atomic E-state index is 0.0247. The zero-order valence-electron chi connectivity index (χ0n) is 9.29. The summed E-state index contributed by atoms with van der Waals surface area (Å²) in [6.45, 7) is 0.841. The number of nitrogens with one attached hydrogen (secondary N) is 1. The van der Waals surface area contributed by atoms with E-state index in [0.29, 0.717) is 0 Å². The number of carboxylic acid groups (broad SMARTS) is 1. The van der Waals surface area contributed by atoms with E-state index in [9.17, 15) is 4.79 Å². The Morgan fingerprint density at radius 3 is 2.88 bits per heavy atom. The van der Waals surface area contributed by atoms with Gasteiger partial charge in [0, 0.05) is 18.5 Å². The van der Waals surface area contributed by atoms with Crippen molar-refractivity contribution in [2.45, 2.75) is 12.8 Å². The van der Waals surface area contributed by atoms with Crippen molar-refractivity contribution >= 4 is 5.97 Å². The molecular formula is C13H15NO2. The summed E-state index contributed by atoms with van der Waals surface area (Å²) in [5, 5.41) is 11.7. The summed E-state index contributed by atoms with van der Waals surface area (Å²) in [6, 6.07) is 7.35. The summed E-state index contributed by atoms with van der Waals surface area (Å²) in [7, 11) is 1.88. The Hall–Kier alpha value is -1.79. The quantitative estimate of drug-likeness (QED) is 0.590. The van der Waals surface area contributed by atoms with Gasteiger partial charge in [0.25, 0.3) is 0 Å². The Labute approximate surface area is 95.5 Å². The van der Waals surface area contributed by atoms with Crippen LogP contribution in [0.25, 0.3) is 0 Å². The molecule has 3 heteroatoms. The molecule has 1 aromatic rings. The molecule has 0 heterocycles. The third kappa shape index (κ3) is 4.16. The Balaban J connectivity index is 2.76. The SMILES string of the molecule is CNCCC#Cc1ccccc1CC(=O)O. The van der Waals surface area contributed by atoms with Crippen LogP contribution in [0.5, 0.6) is 0 Å². The molecule has 0 saturated heterocycles. The van der Waals surface area contributed by atoms with Gasteiger partial charge >= 0.3 is 5.97 Å². The van der Waals surface area contributed by atoms with Crippen molar-refractivity contribution < 1.29 is 9.90 Å². The van der Waals surface area contributed by atoms with Crippen molar-refractivity contribution in [3.8, 4) is 11.8 Å². The van der Waals surface area contributed by atoms with Crippen molar-refractivity contribution in [1.82, 2.24) is 5.32 Å². The second kappa shape index (κ2) is 6.65. The number of aliphatic carboxylic acids is 1. The van der Waals surface area contributed by atoms with Crippen LogP contribution >= 0.6 is 0 Å². The van der Waals surface area contributed by atoms with E-state index in [4.69, 9.17) is 5.11 Å². The van der Waals surface area contributed by atoms with Crippen LogP contribution in [-0.2, 0) is 11.2 Å². The van der Waals surface area contributed by atoms with Crippen molar-refractivity contribution in [2.75, 3.05) is 13.6 Å². The molecule has 0 spiro atoms. The van der Waals surface area contributed by atoms with E-state index in [0.717, 1.165) is 24.1 Å². The molecule has 0 unspecified atom stereocenters. The molecule has 0 amide bonds. The largest absolute Gasteiger partial charge is 0.481 e. The number of hydrogen-bond donors (Lipinski definition) is 2. The minimum Gasteiger partial charge on any atom is -0.481 e. The maximum atomic E-state index is 10.6. The van der Waals surface area contributed by atoms with Gasteiger partial charge in [-0.05, 0) is 18.7 Å². The molecule has 0 aliphatic heterocycles. The molecule has 0 fully saturated rings. The lowest BCUT2D eigenvalue weighted by atomic mass is 10.1. The Morgan fingerprint density at radius 2 is 2.19 bits per heavy atom. The lowest BCUT2D eigenvalue weighted by molar-refractivity contribution is -0.136. The molecule has 0 saturated carbocycles. The molecule has 84 valence electrons. The maximum absolute atomic E-state index is 10.6. The van der Waals surface area contributed by atoms with E-state index in [1.54, 1.807) is 6.07 Å². The molecular weight excluding hydrogens is 202 g/mol. The fourth-order valence-electron chi connectivity index (χ4n) is 1.30. The van der Waals surface area contributed by atoms with Gasteiger partial charge in [0.2, 0.25) is 0 Å². The first-order valence-corrected chi connectivity index (χ1v) is 5.17.